The summed E-state index contributed by atoms with van der Waals surface area (Å²) in [7, 11) is -3.63. The molecule has 1 amide bonds. The molecule has 0 radical (unpaired) electrons. The summed E-state index contributed by atoms with van der Waals surface area (Å²) < 4.78 is 28.6. The Bertz CT molecular complexity index is 1170. The minimum Gasteiger partial charge on any atom is -0.506 e. The molecule has 2 N–H and O–H groups in total. The summed E-state index contributed by atoms with van der Waals surface area (Å²) in [5.74, 6) is -0.496. The van der Waals surface area contributed by atoms with Gasteiger partial charge in [-0.05, 0) is 55.2 Å². The zero-order valence-electron chi connectivity index (χ0n) is 16.9. The van der Waals surface area contributed by atoms with Crippen LogP contribution in [0.2, 0.25) is 0 Å². The highest BCUT2D eigenvalue weighted by Gasteiger charge is 2.27. The van der Waals surface area contributed by atoms with Gasteiger partial charge in [0.15, 0.2) is 0 Å². The van der Waals surface area contributed by atoms with Gasteiger partial charge in [0, 0.05) is 25.7 Å². The zero-order valence-corrected chi connectivity index (χ0v) is 17.8. The molecule has 1 saturated heterocycles. The predicted molar refractivity (Wildman–Crippen MR) is 117 cm³/mol. The Morgan fingerprint density at radius 3 is 2.58 bits per heavy atom. The molecule has 0 unspecified atom stereocenters. The first-order valence-corrected chi connectivity index (χ1v) is 11.6. The Labute approximate surface area is 181 Å². The monoisotopic (exact) mass is 440 g/mol. The third-order valence-electron chi connectivity index (χ3n) is 5.24. The maximum absolute atomic E-state index is 12.7. The van der Waals surface area contributed by atoms with Gasteiger partial charge < -0.3 is 10.4 Å². The van der Waals surface area contributed by atoms with Crippen molar-refractivity contribution in [3.05, 3.63) is 66.5 Å². The number of aromatic hydroxyl groups is 1. The van der Waals surface area contributed by atoms with Gasteiger partial charge in [0.05, 0.1) is 22.5 Å². The smallest absolute Gasteiger partial charge is 0.243 e. The number of sulfonamides is 1. The first-order valence-electron chi connectivity index (χ1n) is 10.2. The molecule has 4 rings (SSSR count). The van der Waals surface area contributed by atoms with Crippen molar-refractivity contribution >= 4 is 21.6 Å². The van der Waals surface area contributed by atoms with Gasteiger partial charge in [0.25, 0.3) is 0 Å². The van der Waals surface area contributed by atoms with Gasteiger partial charge in [0.1, 0.15) is 5.75 Å². The second-order valence-electron chi connectivity index (χ2n) is 7.47. The van der Waals surface area contributed by atoms with Crippen LogP contribution < -0.4 is 5.32 Å². The van der Waals surface area contributed by atoms with Crippen LogP contribution in [0, 0.1) is 0 Å². The number of carbonyl (C=O) groups is 1. The topological polar surface area (TPSA) is 105 Å². The van der Waals surface area contributed by atoms with Gasteiger partial charge in [-0.3, -0.25) is 4.79 Å². The molecule has 1 aromatic heterocycles. The van der Waals surface area contributed by atoms with Crippen molar-refractivity contribution in [2.45, 2.75) is 30.6 Å². The van der Waals surface area contributed by atoms with E-state index in [2.05, 4.69) is 10.4 Å². The summed E-state index contributed by atoms with van der Waals surface area (Å²) in [4.78, 5) is 12.5. The molecule has 1 aliphatic rings. The Morgan fingerprint density at radius 2 is 1.84 bits per heavy atom. The highest BCUT2D eigenvalue weighted by atomic mass is 32.2. The fraction of sp³-hybridized carbons (Fsp3) is 0.273. The van der Waals surface area contributed by atoms with Crippen LogP contribution in [-0.4, -0.2) is 46.6 Å². The van der Waals surface area contributed by atoms with Gasteiger partial charge in [-0.15, -0.1) is 0 Å². The third kappa shape index (κ3) is 4.78. The van der Waals surface area contributed by atoms with E-state index in [1.165, 1.54) is 22.5 Å². The van der Waals surface area contributed by atoms with E-state index in [-0.39, 0.29) is 28.7 Å². The Hall–Kier alpha value is -3.17. The summed E-state index contributed by atoms with van der Waals surface area (Å²) in [5.41, 5.74) is 1.91. The largest absolute Gasteiger partial charge is 0.506 e. The van der Waals surface area contributed by atoms with E-state index in [1.807, 2.05) is 36.5 Å². The number of rotatable bonds is 7. The lowest BCUT2D eigenvalue weighted by Gasteiger charge is -2.16. The molecule has 3 aromatic rings. The summed E-state index contributed by atoms with van der Waals surface area (Å²) in [6, 6.07) is 13.6. The SMILES string of the molecule is O=C(CCc1cnn(-c2ccccc2)c1)Nc1cc(S(=O)(=O)N2CCCC2)ccc1O. The summed E-state index contributed by atoms with van der Waals surface area (Å²) in [6.07, 6.45) is 5.88. The number of phenolic OH excluding ortho intramolecular Hbond substituents is 1. The quantitative estimate of drug-likeness (QED) is 0.550. The first kappa shape index (κ1) is 21.1. The Kier molecular flexibility index (Phi) is 6.06. The maximum atomic E-state index is 12.7. The van der Waals surface area contributed by atoms with E-state index < -0.39 is 10.0 Å². The molecule has 0 saturated carbocycles. The number of hydrogen-bond acceptors (Lipinski definition) is 5. The molecule has 162 valence electrons. The molecule has 0 atom stereocenters. The standard InChI is InChI=1S/C22H24N4O4S/c27-21-10-9-19(31(29,30)25-12-4-5-13-25)14-20(21)24-22(28)11-8-17-15-23-26(16-17)18-6-2-1-3-7-18/h1-3,6-7,9-10,14-16,27H,4-5,8,11-13H2,(H,24,28). The number of hydrogen-bond donors (Lipinski definition) is 2. The number of aryl methyl sites for hydroxylation is 1. The molecular formula is C22H24N4O4S. The fourth-order valence-electron chi connectivity index (χ4n) is 3.53. The molecule has 0 bridgehead atoms. The van der Waals surface area contributed by atoms with Gasteiger partial charge in [-0.2, -0.15) is 9.40 Å². The first-order chi connectivity index (χ1) is 14.9. The van der Waals surface area contributed by atoms with Crippen molar-refractivity contribution in [2.75, 3.05) is 18.4 Å². The number of benzene rings is 2. The van der Waals surface area contributed by atoms with E-state index in [0.717, 1.165) is 24.1 Å². The molecule has 8 nitrogen and oxygen atoms in total. The van der Waals surface area contributed by atoms with Crippen LogP contribution >= 0.6 is 0 Å². The van der Waals surface area contributed by atoms with Crippen molar-refractivity contribution in [1.82, 2.24) is 14.1 Å². The van der Waals surface area contributed by atoms with Gasteiger partial charge in [0.2, 0.25) is 15.9 Å². The van der Waals surface area contributed by atoms with Gasteiger partial charge >= 0.3 is 0 Å². The van der Waals surface area contributed by atoms with Crippen LogP contribution in [0.15, 0.2) is 65.8 Å². The van der Waals surface area contributed by atoms with Crippen molar-refractivity contribution in [3.63, 3.8) is 0 Å². The average Bonchev–Trinajstić information content (AvgIpc) is 3.47. The van der Waals surface area contributed by atoms with Gasteiger partial charge in [-0.25, -0.2) is 13.1 Å². The highest BCUT2D eigenvalue weighted by molar-refractivity contribution is 7.89. The van der Waals surface area contributed by atoms with Crippen molar-refractivity contribution in [1.29, 1.82) is 0 Å². The Balaban J connectivity index is 1.40. The van der Waals surface area contributed by atoms with E-state index in [4.69, 9.17) is 0 Å². The number of amides is 1. The van der Waals surface area contributed by atoms with Crippen LogP contribution in [-0.2, 0) is 21.2 Å². The number of phenols is 1. The summed E-state index contributed by atoms with van der Waals surface area (Å²) in [6.45, 7) is 0.975. The minimum absolute atomic E-state index is 0.0617. The number of anilines is 1. The molecule has 1 fully saturated rings. The minimum atomic E-state index is -3.63. The van der Waals surface area contributed by atoms with Crippen molar-refractivity contribution in [2.24, 2.45) is 0 Å². The molecule has 2 aromatic carbocycles. The maximum Gasteiger partial charge on any atom is 0.243 e. The number of para-hydroxylation sites is 1. The van der Waals surface area contributed by atoms with Crippen LogP contribution in [0.5, 0.6) is 5.75 Å². The predicted octanol–water partition coefficient (Wildman–Crippen LogP) is 2.93. The van der Waals surface area contributed by atoms with Crippen molar-refractivity contribution in [3.8, 4) is 11.4 Å². The molecule has 0 spiro atoms. The number of nitrogens with one attached hydrogen (secondary N) is 1. The van der Waals surface area contributed by atoms with Crippen LogP contribution in [0.1, 0.15) is 24.8 Å². The lowest BCUT2D eigenvalue weighted by Crippen LogP contribution is -2.28. The Morgan fingerprint density at radius 1 is 1.10 bits per heavy atom. The van der Waals surface area contributed by atoms with E-state index in [9.17, 15) is 18.3 Å². The van der Waals surface area contributed by atoms with E-state index >= 15 is 0 Å². The molecule has 2 heterocycles. The number of nitrogens with zero attached hydrogens (tertiary/aromatic N) is 3. The highest BCUT2D eigenvalue weighted by Crippen LogP contribution is 2.29. The summed E-state index contributed by atoms with van der Waals surface area (Å²) >= 11 is 0. The number of aromatic nitrogens is 2. The summed E-state index contributed by atoms with van der Waals surface area (Å²) in [5, 5.41) is 17.0. The number of carbonyl (C=O) groups excluding carboxylic acids is 1. The van der Waals surface area contributed by atoms with Crippen LogP contribution in [0.3, 0.4) is 0 Å². The lowest BCUT2D eigenvalue weighted by atomic mass is 10.2. The molecule has 31 heavy (non-hydrogen) atoms. The third-order valence-corrected chi connectivity index (χ3v) is 7.14. The van der Waals surface area contributed by atoms with Crippen LogP contribution in [0.4, 0.5) is 5.69 Å². The zero-order chi connectivity index (χ0) is 21.8. The van der Waals surface area contributed by atoms with Gasteiger partial charge in [-0.1, -0.05) is 18.2 Å². The van der Waals surface area contributed by atoms with Crippen molar-refractivity contribution < 1.29 is 18.3 Å². The molecule has 1 aliphatic heterocycles. The molecular weight excluding hydrogens is 416 g/mol. The molecule has 0 aliphatic carbocycles. The second-order valence-corrected chi connectivity index (χ2v) is 9.40. The molecule has 9 heteroatoms. The van der Waals surface area contributed by atoms with E-state index in [0.29, 0.717) is 19.5 Å². The average molecular weight is 441 g/mol. The normalized spacial score (nSPS) is 14.6. The lowest BCUT2D eigenvalue weighted by molar-refractivity contribution is -0.116. The van der Waals surface area contributed by atoms with E-state index in [1.54, 1.807) is 10.9 Å². The fourth-order valence-corrected chi connectivity index (χ4v) is 5.08. The second kappa shape index (κ2) is 8.91. The van der Waals surface area contributed by atoms with Crippen LogP contribution in [0.25, 0.3) is 5.69 Å².